The van der Waals surface area contributed by atoms with Gasteiger partial charge < -0.3 is 9.64 Å². The van der Waals surface area contributed by atoms with E-state index >= 15 is 0 Å². The molecule has 0 saturated carbocycles. The molecule has 2 aromatic carbocycles. The molecule has 4 heteroatoms. The number of carbonyl (C=O) groups is 1. The van der Waals surface area contributed by atoms with Gasteiger partial charge >= 0.3 is 6.09 Å². The minimum Gasteiger partial charge on any atom is -0.410 e. The molecule has 0 aliphatic carbocycles. The Kier molecular flexibility index (Phi) is 5.67. The zero-order chi connectivity index (χ0) is 17.3. The van der Waals surface area contributed by atoms with Crippen molar-refractivity contribution in [3.63, 3.8) is 0 Å². The van der Waals surface area contributed by atoms with Crippen LogP contribution in [0.4, 0.5) is 10.5 Å². The van der Waals surface area contributed by atoms with Crippen LogP contribution in [0, 0.1) is 0 Å². The van der Waals surface area contributed by atoms with E-state index < -0.39 is 6.09 Å². The Labute approximate surface area is 147 Å². The number of benzene rings is 2. The molecule has 1 amide bonds. The van der Waals surface area contributed by atoms with E-state index in [1.165, 1.54) is 5.56 Å². The number of amides is 1. The number of nitrogens with zero attached hydrogens (tertiary/aromatic N) is 1. The summed E-state index contributed by atoms with van der Waals surface area (Å²) < 4.78 is 5.29. The van der Waals surface area contributed by atoms with E-state index in [2.05, 4.69) is 10.2 Å². The number of carbonyl (C=O) groups excluding carboxylic acids is 1. The Morgan fingerprint density at radius 1 is 0.880 bits per heavy atom. The predicted octanol–water partition coefficient (Wildman–Crippen LogP) is 4.74. The van der Waals surface area contributed by atoms with Crippen molar-refractivity contribution in [2.75, 3.05) is 11.9 Å². The van der Waals surface area contributed by atoms with Crippen LogP contribution >= 0.6 is 0 Å². The van der Waals surface area contributed by atoms with Gasteiger partial charge in [-0.1, -0.05) is 42.5 Å². The molecule has 1 aliphatic heterocycles. The number of allylic oxidation sites excluding steroid dienone is 4. The van der Waals surface area contributed by atoms with Gasteiger partial charge in [0.25, 0.3) is 0 Å². The normalized spacial score (nSPS) is 12.7. The van der Waals surface area contributed by atoms with Gasteiger partial charge in [-0.15, -0.1) is 0 Å². The number of anilines is 1. The van der Waals surface area contributed by atoms with E-state index in [-0.39, 0.29) is 0 Å². The van der Waals surface area contributed by atoms with Gasteiger partial charge in [-0.2, -0.15) is 0 Å². The highest BCUT2D eigenvalue weighted by Crippen LogP contribution is 2.15. The number of nitrogens with one attached hydrogen (secondary N) is 1. The average molecular weight is 332 g/mol. The number of ether oxygens (including phenoxy) is 1. The van der Waals surface area contributed by atoms with Crippen LogP contribution in [0.25, 0.3) is 0 Å². The topological polar surface area (TPSA) is 41.6 Å². The van der Waals surface area contributed by atoms with E-state index in [0.717, 1.165) is 13.0 Å². The van der Waals surface area contributed by atoms with Gasteiger partial charge in [0.05, 0.1) is 0 Å². The summed E-state index contributed by atoms with van der Waals surface area (Å²) in [7, 11) is 0. The minimum absolute atomic E-state index is 0.494. The van der Waals surface area contributed by atoms with Crippen LogP contribution in [-0.4, -0.2) is 17.5 Å². The Hall–Kier alpha value is -3.27. The second-order valence-corrected chi connectivity index (χ2v) is 5.58. The van der Waals surface area contributed by atoms with Crippen LogP contribution in [0.1, 0.15) is 5.56 Å². The van der Waals surface area contributed by atoms with Crippen molar-refractivity contribution in [3.8, 4) is 5.75 Å². The summed E-state index contributed by atoms with van der Waals surface area (Å²) in [5.41, 5.74) is 1.90. The van der Waals surface area contributed by atoms with Gasteiger partial charge in [-0.05, 0) is 48.4 Å². The molecule has 3 rings (SSSR count). The molecule has 0 atom stereocenters. The van der Waals surface area contributed by atoms with Crippen molar-refractivity contribution in [2.45, 2.75) is 6.42 Å². The fourth-order valence-corrected chi connectivity index (χ4v) is 2.40. The molecule has 0 bridgehead atoms. The molecule has 2 aromatic rings. The van der Waals surface area contributed by atoms with Gasteiger partial charge in [0.2, 0.25) is 0 Å². The van der Waals surface area contributed by atoms with Crippen molar-refractivity contribution >= 4 is 11.8 Å². The summed E-state index contributed by atoms with van der Waals surface area (Å²) in [6.07, 6.45) is 12.5. The van der Waals surface area contributed by atoms with Crippen molar-refractivity contribution in [1.29, 1.82) is 0 Å². The van der Waals surface area contributed by atoms with Crippen molar-refractivity contribution < 1.29 is 9.53 Å². The average Bonchev–Trinajstić information content (AvgIpc) is 2.91. The highest BCUT2D eigenvalue weighted by atomic mass is 16.6. The Morgan fingerprint density at radius 2 is 1.56 bits per heavy atom. The lowest BCUT2D eigenvalue weighted by Gasteiger charge is -2.14. The van der Waals surface area contributed by atoms with Crippen LogP contribution in [0.5, 0.6) is 5.75 Å². The Morgan fingerprint density at radius 3 is 2.24 bits per heavy atom. The maximum atomic E-state index is 11.9. The molecule has 0 spiro atoms. The molecule has 0 unspecified atom stereocenters. The smallest absolute Gasteiger partial charge is 0.410 e. The standard InChI is InChI=1S/C21H20N2O2/c24-21(22-19-8-4-3-5-9-19)25-20-12-10-18(11-13-20)14-17-23-15-6-1-2-7-16-23/h1-13,15-16H,14,17H2,(H,22,24). The van der Waals surface area contributed by atoms with E-state index in [0.29, 0.717) is 11.4 Å². The largest absolute Gasteiger partial charge is 0.417 e. The number of hydrogen-bond acceptors (Lipinski definition) is 3. The summed E-state index contributed by atoms with van der Waals surface area (Å²) in [5.74, 6) is 0.524. The molecule has 1 aliphatic rings. The summed E-state index contributed by atoms with van der Waals surface area (Å²) >= 11 is 0. The first kappa shape index (κ1) is 16.6. The minimum atomic E-state index is -0.494. The molecular weight excluding hydrogens is 312 g/mol. The van der Waals surface area contributed by atoms with Gasteiger partial charge in [0.1, 0.15) is 5.75 Å². The van der Waals surface area contributed by atoms with Crippen LogP contribution < -0.4 is 10.1 Å². The first-order valence-corrected chi connectivity index (χ1v) is 8.20. The third kappa shape index (κ3) is 5.39. The molecule has 0 saturated heterocycles. The molecular formula is C21H20N2O2. The highest BCUT2D eigenvalue weighted by Gasteiger charge is 2.05. The Balaban J connectivity index is 1.49. The molecule has 1 N–H and O–H groups in total. The van der Waals surface area contributed by atoms with Crippen molar-refractivity contribution in [2.24, 2.45) is 0 Å². The lowest BCUT2D eigenvalue weighted by molar-refractivity contribution is 0.215. The third-order valence-corrected chi connectivity index (χ3v) is 3.70. The number of rotatable bonds is 5. The van der Waals surface area contributed by atoms with E-state index in [1.54, 1.807) is 0 Å². The van der Waals surface area contributed by atoms with Gasteiger partial charge in [0, 0.05) is 24.6 Å². The Bertz CT molecular complexity index is 761. The monoisotopic (exact) mass is 332 g/mol. The maximum absolute atomic E-state index is 11.9. The fourth-order valence-electron chi connectivity index (χ4n) is 2.40. The quantitative estimate of drug-likeness (QED) is 0.860. The van der Waals surface area contributed by atoms with Gasteiger partial charge in [-0.3, -0.25) is 5.32 Å². The molecule has 0 fully saturated rings. The fraction of sp³-hybridized carbons (Fsp3) is 0.0952. The van der Waals surface area contributed by atoms with Crippen LogP contribution in [0.3, 0.4) is 0 Å². The highest BCUT2D eigenvalue weighted by molar-refractivity contribution is 5.86. The van der Waals surface area contributed by atoms with E-state index in [4.69, 9.17) is 4.74 Å². The van der Waals surface area contributed by atoms with E-state index in [1.807, 2.05) is 91.3 Å². The molecule has 1 heterocycles. The first-order chi connectivity index (χ1) is 12.3. The van der Waals surface area contributed by atoms with Gasteiger partial charge in [0.15, 0.2) is 0 Å². The zero-order valence-corrected chi connectivity index (χ0v) is 13.8. The zero-order valence-electron chi connectivity index (χ0n) is 13.8. The number of para-hydroxylation sites is 1. The number of hydrogen-bond donors (Lipinski definition) is 1. The predicted molar refractivity (Wildman–Crippen MR) is 100 cm³/mol. The van der Waals surface area contributed by atoms with Crippen LogP contribution in [0.15, 0.2) is 91.3 Å². The lowest BCUT2D eigenvalue weighted by Crippen LogP contribution is -2.16. The molecule has 4 nitrogen and oxygen atoms in total. The third-order valence-electron chi connectivity index (χ3n) is 3.70. The van der Waals surface area contributed by atoms with Gasteiger partial charge in [-0.25, -0.2) is 4.79 Å². The lowest BCUT2D eigenvalue weighted by atomic mass is 10.1. The van der Waals surface area contributed by atoms with Crippen molar-refractivity contribution in [3.05, 3.63) is 96.9 Å². The molecule has 126 valence electrons. The van der Waals surface area contributed by atoms with E-state index in [9.17, 15) is 4.79 Å². The van der Waals surface area contributed by atoms with Crippen molar-refractivity contribution in [1.82, 2.24) is 4.90 Å². The first-order valence-electron chi connectivity index (χ1n) is 8.20. The second kappa shape index (κ2) is 8.55. The summed E-state index contributed by atoms with van der Waals surface area (Å²) in [4.78, 5) is 14.0. The molecule has 0 aromatic heterocycles. The maximum Gasteiger partial charge on any atom is 0.417 e. The SMILES string of the molecule is O=C(Nc1ccccc1)Oc1ccc(CCN2C=CC=CC=C2)cc1. The summed E-state index contributed by atoms with van der Waals surface area (Å²) in [6, 6.07) is 16.8. The van der Waals surface area contributed by atoms with Crippen LogP contribution in [-0.2, 0) is 6.42 Å². The second-order valence-electron chi connectivity index (χ2n) is 5.58. The molecule has 25 heavy (non-hydrogen) atoms. The van der Waals surface area contributed by atoms with Crippen LogP contribution in [0.2, 0.25) is 0 Å². The summed E-state index contributed by atoms with van der Waals surface area (Å²) in [6.45, 7) is 0.892. The summed E-state index contributed by atoms with van der Waals surface area (Å²) in [5, 5.41) is 2.69. The molecule has 0 radical (unpaired) electrons.